The molecule has 0 saturated carbocycles. The monoisotopic (exact) mass is 264 g/mol. The van der Waals surface area contributed by atoms with Gasteiger partial charge >= 0.3 is 0 Å². The van der Waals surface area contributed by atoms with Gasteiger partial charge in [0.25, 0.3) is 5.91 Å². The summed E-state index contributed by atoms with van der Waals surface area (Å²) in [5.41, 5.74) is 1.29. The number of amides is 1. The van der Waals surface area contributed by atoms with E-state index in [1.807, 2.05) is 13.1 Å². The molecule has 2 N–H and O–H groups in total. The maximum atomic E-state index is 11.7. The van der Waals surface area contributed by atoms with Crippen molar-refractivity contribution in [2.75, 3.05) is 13.2 Å². The summed E-state index contributed by atoms with van der Waals surface area (Å²) < 4.78 is 6.80. The average molecular weight is 264 g/mol. The Morgan fingerprint density at radius 1 is 1.58 bits per heavy atom. The van der Waals surface area contributed by atoms with Crippen LogP contribution in [0.2, 0.25) is 0 Å². The Morgan fingerprint density at radius 2 is 2.42 bits per heavy atom. The van der Waals surface area contributed by atoms with Crippen LogP contribution < -0.4 is 5.32 Å². The van der Waals surface area contributed by atoms with Crippen LogP contribution in [0.3, 0.4) is 0 Å². The van der Waals surface area contributed by atoms with E-state index in [-0.39, 0.29) is 18.2 Å². The Kier molecular flexibility index (Phi) is 4.30. The van der Waals surface area contributed by atoms with Crippen molar-refractivity contribution in [1.82, 2.24) is 20.3 Å². The zero-order valence-electron chi connectivity index (χ0n) is 10.7. The molecule has 2 aromatic heterocycles. The summed E-state index contributed by atoms with van der Waals surface area (Å²) in [5, 5.41) is 19.1. The minimum atomic E-state index is -0.305. The summed E-state index contributed by atoms with van der Waals surface area (Å²) in [5.74, 6) is 0.260. The highest BCUT2D eigenvalue weighted by Crippen LogP contribution is 2.06. The lowest BCUT2D eigenvalue weighted by molar-refractivity contribution is 0.0942. The molecular formula is C12H16N4O3. The molecule has 0 fully saturated rings. The van der Waals surface area contributed by atoms with Crippen LogP contribution in [0.5, 0.6) is 0 Å². The molecule has 2 rings (SSSR count). The van der Waals surface area contributed by atoms with Gasteiger partial charge in [0.05, 0.1) is 6.20 Å². The topological polar surface area (TPSA) is 93.2 Å². The second-order valence-corrected chi connectivity index (χ2v) is 4.23. The van der Waals surface area contributed by atoms with Gasteiger partial charge in [0, 0.05) is 25.4 Å². The van der Waals surface area contributed by atoms with Gasteiger partial charge < -0.3 is 14.9 Å². The lowest BCUT2D eigenvalue weighted by atomic mass is 10.3. The van der Waals surface area contributed by atoms with Crippen LogP contribution in [-0.4, -0.2) is 39.1 Å². The highest BCUT2D eigenvalue weighted by atomic mass is 16.5. The number of hydrogen-bond acceptors (Lipinski definition) is 5. The Morgan fingerprint density at radius 3 is 3.11 bits per heavy atom. The van der Waals surface area contributed by atoms with Crippen LogP contribution in [0.15, 0.2) is 23.0 Å². The summed E-state index contributed by atoms with van der Waals surface area (Å²) >= 11 is 0. The number of aromatic nitrogens is 3. The molecule has 19 heavy (non-hydrogen) atoms. The van der Waals surface area contributed by atoms with E-state index in [1.165, 1.54) is 0 Å². The van der Waals surface area contributed by atoms with E-state index in [0.29, 0.717) is 25.3 Å². The Labute approximate surface area is 110 Å². The number of hydrogen-bond donors (Lipinski definition) is 2. The average Bonchev–Trinajstić information content (AvgIpc) is 3.00. The number of rotatable bonds is 6. The fraction of sp³-hybridized carbons (Fsp3) is 0.417. The maximum Gasteiger partial charge on any atom is 0.273 e. The molecule has 1 amide bonds. The molecule has 0 saturated heterocycles. The number of nitrogens with zero attached hydrogens (tertiary/aromatic N) is 3. The van der Waals surface area contributed by atoms with Crippen molar-refractivity contribution in [3.8, 4) is 0 Å². The molecule has 7 nitrogen and oxygen atoms in total. The van der Waals surface area contributed by atoms with Gasteiger partial charge in [-0.05, 0) is 18.9 Å². The number of aryl methyl sites for hydroxylation is 1. The van der Waals surface area contributed by atoms with Crippen molar-refractivity contribution in [1.29, 1.82) is 0 Å². The number of aliphatic hydroxyl groups excluding tert-OH is 1. The normalized spacial score (nSPS) is 10.6. The van der Waals surface area contributed by atoms with E-state index in [2.05, 4.69) is 15.6 Å². The molecule has 102 valence electrons. The van der Waals surface area contributed by atoms with E-state index >= 15 is 0 Å². The molecule has 2 aromatic rings. The van der Waals surface area contributed by atoms with Gasteiger partial charge in [-0.15, -0.1) is 0 Å². The second-order valence-electron chi connectivity index (χ2n) is 4.23. The SMILES string of the molecule is Cc1cnn(Cc2cc(C(=O)NCCCO)no2)c1. The van der Waals surface area contributed by atoms with Gasteiger partial charge in [0.15, 0.2) is 11.5 Å². The number of nitrogens with one attached hydrogen (secondary N) is 1. The Bertz CT molecular complexity index is 547. The number of aliphatic hydroxyl groups is 1. The molecular weight excluding hydrogens is 248 g/mol. The molecule has 0 atom stereocenters. The molecule has 0 unspecified atom stereocenters. The van der Waals surface area contributed by atoms with Crippen LogP contribution in [-0.2, 0) is 6.54 Å². The summed E-state index contributed by atoms with van der Waals surface area (Å²) in [7, 11) is 0. The van der Waals surface area contributed by atoms with E-state index in [4.69, 9.17) is 9.63 Å². The molecule has 0 bridgehead atoms. The second kappa shape index (κ2) is 6.14. The fourth-order valence-electron chi connectivity index (χ4n) is 1.58. The molecule has 2 heterocycles. The van der Waals surface area contributed by atoms with Crippen molar-refractivity contribution in [3.63, 3.8) is 0 Å². The first kappa shape index (κ1) is 13.3. The molecule has 0 aromatic carbocycles. The quantitative estimate of drug-likeness (QED) is 0.734. The first-order chi connectivity index (χ1) is 9.19. The van der Waals surface area contributed by atoms with Crippen LogP contribution in [0.25, 0.3) is 0 Å². The Hall–Kier alpha value is -2.15. The van der Waals surface area contributed by atoms with Crippen molar-refractivity contribution in [2.24, 2.45) is 0 Å². The van der Waals surface area contributed by atoms with Crippen LogP contribution in [0.4, 0.5) is 0 Å². The maximum absolute atomic E-state index is 11.7. The molecule has 0 aliphatic rings. The molecule has 0 radical (unpaired) electrons. The summed E-state index contributed by atoms with van der Waals surface area (Å²) in [6.45, 7) is 2.84. The smallest absolute Gasteiger partial charge is 0.273 e. The number of carbonyl (C=O) groups excluding carboxylic acids is 1. The van der Waals surface area contributed by atoms with Crippen LogP contribution in [0, 0.1) is 6.92 Å². The highest BCUT2D eigenvalue weighted by molar-refractivity contribution is 5.92. The van der Waals surface area contributed by atoms with Crippen LogP contribution >= 0.6 is 0 Å². The lowest BCUT2D eigenvalue weighted by Crippen LogP contribution is -2.25. The van der Waals surface area contributed by atoms with Gasteiger partial charge in [0.1, 0.15) is 6.54 Å². The molecule has 0 aliphatic carbocycles. The van der Waals surface area contributed by atoms with E-state index in [0.717, 1.165) is 5.56 Å². The third-order valence-electron chi connectivity index (χ3n) is 2.49. The van der Waals surface area contributed by atoms with E-state index in [1.54, 1.807) is 16.9 Å². The highest BCUT2D eigenvalue weighted by Gasteiger charge is 2.12. The van der Waals surface area contributed by atoms with Gasteiger partial charge in [-0.25, -0.2) is 0 Å². The zero-order chi connectivity index (χ0) is 13.7. The number of carbonyl (C=O) groups is 1. The molecule has 0 spiro atoms. The minimum absolute atomic E-state index is 0.0446. The van der Waals surface area contributed by atoms with Gasteiger partial charge in [-0.1, -0.05) is 5.16 Å². The molecule has 0 aliphatic heterocycles. The first-order valence-corrected chi connectivity index (χ1v) is 6.03. The van der Waals surface area contributed by atoms with Crippen molar-refractivity contribution < 1.29 is 14.4 Å². The fourth-order valence-corrected chi connectivity index (χ4v) is 1.58. The standard InChI is InChI=1S/C12H16N4O3/c1-9-6-14-16(7-9)8-10-5-11(15-19-10)12(18)13-3-2-4-17/h5-7,17H,2-4,8H2,1H3,(H,13,18). The predicted molar refractivity (Wildman–Crippen MR) is 66.6 cm³/mol. The third-order valence-corrected chi connectivity index (χ3v) is 2.49. The van der Waals surface area contributed by atoms with E-state index < -0.39 is 0 Å². The van der Waals surface area contributed by atoms with Gasteiger partial charge in [-0.2, -0.15) is 5.10 Å². The molecule has 7 heteroatoms. The van der Waals surface area contributed by atoms with Gasteiger partial charge in [-0.3, -0.25) is 9.48 Å². The van der Waals surface area contributed by atoms with E-state index in [9.17, 15) is 4.79 Å². The summed E-state index contributed by atoms with van der Waals surface area (Å²) in [6, 6.07) is 1.59. The van der Waals surface area contributed by atoms with Crippen molar-refractivity contribution in [2.45, 2.75) is 19.9 Å². The lowest BCUT2D eigenvalue weighted by Gasteiger charge is -1.99. The van der Waals surface area contributed by atoms with Crippen molar-refractivity contribution in [3.05, 3.63) is 35.5 Å². The zero-order valence-corrected chi connectivity index (χ0v) is 10.7. The van der Waals surface area contributed by atoms with Crippen molar-refractivity contribution >= 4 is 5.91 Å². The predicted octanol–water partition coefficient (Wildman–Crippen LogP) is 0.340. The van der Waals surface area contributed by atoms with Gasteiger partial charge in [0.2, 0.25) is 0 Å². The summed E-state index contributed by atoms with van der Waals surface area (Å²) in [4.78, 5) is 11.7. The first-order valence-electron chi connectivity index (χ1n) is 6.03. The summed E-state index contributed by atoms with van der Waals surface area (Å²) in [6.07, 6.45) is 4.14. The third kappa shape index (κ3) is 3.65. The van der Waals surface area contributed by atoms with Crippen LogP contribution in [0.1, 0.15) is 28.2 Å². The minimum Gasteiger partial charge on any atom is -0.396 e. The Balaban J connectivity index is 1.93. The largest absolute Gasteiger partial charge is 0.396 e.